The van der Waals surface area contributed by atoms with Gasteiger partial charge in [0.15, 0.2) is 0 Å². The molecule has 0 aromatic carbocycles. The highest BCUT2D eigenvalue weighted by molar-refractivity contribution is 5.61. The minimum atomic E-state index is 0.265. The van der Waals surface area contributed by atoms with Crippen LogP contribution in [0.5, 0.6) is 0 Å². The Morgan fingerprint density at radius 2 is 1.89 bits per heavy atom. The summed E-state index contributed by atoms with van der Waals surface area (Å²) in [5.74, 6) is 0.594. The second kappa shape index (κ2) is 4.37. The van der Waals surface area contributed by atoms with Crippen molar-refractivity contribution in [3.05, 3.63) is 58.2 Å². The molecule has 19 heavy (non-hydrogen) atoms. The molecule has 0 radical (unpaired) electrons. The van der Waals surface area contributed by atoms with Crippen LogP contribution in [-0.2, 0) is 0 Å². The van der Waals surface area contributed by atoms with E-state index in [9.17, 15) is 0 Å². The molecule has 0 N–H and O–H groups in total. The van der Waals surface area contributed by atoms with Crippen LogP contribution in [0.1, 0.15) is 47.0 Å². The first-order valence-corrected chi connectivity index (χ1v) is 7.53. The van der Waals surface area contributed by atoms with Crippen molar-refractivity contribution < 1.29 is 0 Å². The molecule has 0 saturated heterocycles. The van der Waals surface area contributed by atoms with E-state index < -0.39 is 0 Å². The van der Waals surface area contributed by atoms with E-state index in [1.165, 1.54) is 36.0 Å². The highest BCUT2D eigenvalue weighted by Gasteiger charge is 2.40. The Labute approximate surface area is 117 Å². The molecule has 1 atom stereocenters. The quantitative estimate of drug-likeness (QED) is 0.568. The highest BCUT2D eigenvalue weighted by Crippen LogP contribution is 2.54. The Balaban J connectivity index is 2.10. The molecule has 3 rings (SSSR count). The van der Waals surface area contributed by atoms with Crippen molar-refractivity contribution in [2.24, 2.45) is 11.3 Å². The van der Waals surface area contributed by atoms with Gasteiger partial charge in [-0.1, -0.05) is 56.7 Å². The zero-order chi connectivity index (χ0) is 13.6. The standard InChI is InChI=1S/C19H24/c1-13(2)15-9-8-14(3)17-10-11-19(4,18(17)12-15)16-6-5-7-16/h6,8-10,12-13H,5,7,11H2,1-4H3. The van der Waals surface area contributed by atoms with Gasteiger partial charge in [0.1, 0.15) is 0 Å². The normalized spacial score (nSPS) is 29.6. The van der Waals surface area contributed by atoms with Gasteiger partial charge in [-0.2, -0.15) is 0 Å². The third-order valence-electron chi connectivity index (χ3n) is 5.04. The van der Waals surface area contributed by atoms with E-state index in [0.717, 1.165) is 0 Å². The lowest BCUT2D eigenvalue weighted by atomic mass is 9.69. The summed E-state index contributed by atoms with van der Waals surface area (Å²) in [7, 11) is 0. The molecule has 0 saturated carbocycles. The van der Waals surface area contributed by atoms with Crippen LogP contribution >= 0.6 is 0 Å². The highest BCUT2D eigenvalue weighted by atomic mass is 14.4. The average molecular weight is 252 g/mol. The number of hydrogen-bond donors (Lipinski definition) is 0. The second-order valence-corrected chi connectivity index (χ2v) is 6.65. The second-order valence-electron chi connectivity index (χ2n) is 6.65. The van der Waals surface area contributed by atoms with Gasteiger partial charge in [-0.05, 0) is 54.4 Å². The van der Waals surface area contributed by atoms with Gasteiger partial charge in [-0.25, -0.2) is 0 Å². The summed E-state index contributed by atoms with van der Waals surface area (Å²) >= 11 is 0. The minimum absolute atomic E-state index is 0.265. The van der Waals surface area contributed by atoms with Gasteiger partial charge in [0.05, 0.1) is 0 Å². The molecule has 0 aliphatic heterocycles. The van der Waals surface area contributed by atoms with Gasteiger partial charge in [-0.3, -0.25) is 0 Å². The van der Waals surface area contributed by atoms with Crippen LogP contribution in [0.2, 0.25) is 0 Å². The third kappa shape index (κ3) is 1.89. The third-order valence-corrected chi connectivity index (χ3v) is 5.04. The monoisotopic (exact) mass is 252 g/mol. The number of hydrogen-bond acceptors (Lipinski definition) is 0. The van der Waals surface area contributed by atoms with Crippen molar-refractivity contribution >= 4 is 0 Å². The zero-order valence-electron chi connectivity index (χ0n) is 12.6. The molecule has 0 heterocycles. The van der Waals surface area contributed by atoms with Crippen LogP contribution in [-0.4, -0.2) is 0 Å². The van der Waals surface area contributed by atoms with E-state index in [1.54, 1.807) is 11.1 Å². The van der Waals surface area contributed by atoms with Crippen molar-refractivity contribution in [2.75, 3.05) is 0 Å². The van der Waals surface area contributed by atoms with Crippen LogP contribution in [0.4, 0.5) is 0 Å². The molecule has 3 aliphatic rings. The Kier molecular flexibility index (Phi) is 2.92. The van der Waals surface area contributed by atoms with Crippen LogP contribution in [0.15, 0.2) is 58.2 Å². The first-order valence-electron chi connectivity index (χ1n) is 7.53. The molecule has 0 amide bonds. The van der Waals surface area contributed by atoms with Crippen LogP contribution in [0, 0.1) is 11.3 Å². The molecule has 0 nitrogen and oxygen atoms in total. The molecule has 0 aromatic heterocycles. The Morgan fingerprint density at radius 3 is 2.47 bits per heavy atom. The van der Waals surface area contributed by atoms with Gasteiger partial charge < -0.3 is 0 Å². The van der Waals surface area contributed by atoms with Crippen LogP contribution in [0.25, 0.3) is 0 Å². The lowest BCUT2D eigenvalue weighted by Gasteiger charge is -2.35. The maximum Gasteiger partial charge on any atom is 0.0174 e. The summed E-state index contributed by atoms with van der Waals surface area (Å²) < 4.78 is 0. The molecular formula is C19H24. The molecule has 100 valence electrons. The van der Waals surface area contributed by atoms with E-state index in [1.807, 2.05) is 0 Å². The Bertz CT molecular complexity index is 561. The molecule has 0 fully saturated rings. The predicted octanol–water partition coefficient (Wildman–Crippen LogP) is 5.51. The van der Waals surface area contributed by atoms with Gasteiger partial charge in [0, 0.05) is 5.41 Å². The Hall–Kier alpha value is -1.30. The van der Waals surface area contributed by atoms with Gasteiger partial charge in [0.25, 0.3) is 0 Å². The molecular weight excluding hydrogens is 228 g/mol. The summed E-state index contributed by atoms with van der Waals surface area (Å²) in [6, 6.07) is 0. The van der Waals surface area contributed by atoms with E-state index in [2.05, 4.69) is 58.1 Å². The molecule has 0 spiro atoms. The fourth-order valence-electron chi connectivity index (χ4n) is 3.41. The van der Waals surface area contributed by atoms with E-state index in [0.29, 0.717) is 5.92 Å². The van der Waals surface area contributed by atoms with Gasteiger partial charge in [0.2, 0.25) is 0 Å². The summed E-state index contributed by atoms with van der Waals surface area (Å²) in [4.78, 5) is 0. The van der Waals surface area contributed by atoms with Crippen molar-refractivity contribution in [2.45, 2.75) is 47.0 Å². The summed E-state index contributed by atoms with van der Waals surface area (Å²) in [6.45, 7) is 9.26. The molecule has 3 aliphatic carbocycles. The average Bonchev–Trinajstić information content (AvgIpc) is 2.49. The van der Waals surface area contributed by atoms with Crippen molar-refractivity contribution in [1.82, 2.24) is 0 Å². The van der Waals surface area contributed by atoms with Crippen LogP contribution in [0.3, 0.4) is 0 Å². The lowest BCUT2D eigenvalue weighted by Crippen LogP contribution is -2.22. The van der Waals surface area contributed by atoms with E-state index >= 15 is 0 Å². The maximum absolute atomic E-state index is 2.47. The largest absolute Gasteiger partial charge is 0.0841 e. The Morgan fingerprint density at radius 1 is 1.16 bits per heavy atom. The fraction of sp³-hybridized carbons (Fsp3) is 0.474. The minimum Gasteiger partial charge on any atom is -0.0841 e. The fourth-order valence-corrected chi connectivity index (χ4v) is 3.41. The lowest BCUT2D eigenvalue weighted by molar-refractivity contribution is 0.471. The topological polar surface area (TPSA) is 0 Å². The van der Waals surface area contributed by atoms with E-state index in [-0.39, 0.29) is 5.41 Å². The SMILES string of the molecule is CC1=CC=C(C(C)C)C=C2C1=CCC2(C)C1=CCC1. The number of allylic oxidation sites excluding steroid dienone is 10. The van der Waals surface area contributed by atoms with Crippen molar-refractivity contribution in [1.29, 1.82) is 0 Å². The molecule has 1 unspecified atom stereocenters. The van der Waals surface area contributed by atoms with Gasteiger partial charge in [-0.15, -0.1) is 0 Å². The summed E-state index contributed by atoms with van der Waals surface area (Å²) in [5, 5.41) is 0. The van der Waals surface area contributed by atoms with Crippen molar-refractivity contribution in [3.8, 4) is 0 Å². The first-order chi connectivity index (χ1) is 9.02. The molecule has 0 bridgehead atoms. The first kappa shape index (κ1) is 12.7. The number of rotatable bonds is 2. The molecule has 0 aromatic rings. The van der Waals surface area contributed by atoms with E-state index in [4.69, 9.17) is 0 Å². The zero-order valence-corrected chi connectivity index (χ0v) is 12.6. The predicted molar refractivity (Wildman–Crippen MR) is 82.9 cm³/mol. The van der Waals surface area contributed by atoms with Crippen molar-refractivity contribution in [3.63, 3.8) is 0 Å². The van der Waals surface area contributed by atoms with Gasteiger partial charge >= 0.3 is 0 Å². The maximum atomic E-state index is 2.47. The van der Waals surface area contributed by atoms with Crippen LogP contribution < -0.4 is 0 Å². The number of fused-ring (bicyclic) bond motifs is 1. The summed E-state index contributed by atoms with van der Waals surface area (Å²) in [5.41, 5.74) is 7.85. The molecule has 0 heteroatoms. The smallest absolute Gasteiger partial charge is 0.0174 e. The summed E-state index contributed by atoms with van der Waals surface area (Å²) in [6.07, 6.45) is 15.7.